The van der Waals surface area contributed by atoms with E-state index in [0.717, 1.165) is 4.96 Å². The SMILES string of the molecule is O=C(Cc1cn2ccsc2n1)OCc1cc(=O)n2ccsc2n1. The van der Waals surface area contributed by atoms with E-state index in [4.69, 9.17) is 4.74 Å². The molecule has 4 aromatic rings. The van der Waals surface area contributed by atoms with Crippen molar-refractivity contribution in [2.75, 3.05) is 0 Å². The summed E-state index contributed by atoms with van der Waals surface area (Å²) in [7, 11) is 0. The Morgan fingerprint density at radius 1 is 1.13 bits per heavy atom. The fraction of sp³-hybridized carbons (Fsp3) is 0.143. The van der Waals surface area contributed by atoms with Crippen molar-refractivity contribution in [2.45, 2.75) is 13.0 Å². The van der Waals surface area contributed by atoms with Crippen molar-refractivity contribution in [3.63, 3.8) is 0 Å². The zero-order valence-corrected chi connectivity index (χ0v) is 13.3. The zero-order chi connectivity index (χ0) is 15.8. The van der Waals surface area contributed by atoms with Crippen molar-refractivity contribution in [3.05, 3.63) is 57.2 Å². The van der Waals surface area contributed by atoms with Crippen LogP contribution in [0.2, 0.25) is 0 Å². The molecule has 7 nitrogen and oxygen atoms in total. The van der Waals surface area contributed by atoms with Gasteiger partial charge in [-0.15, -0.1) is 22.7 Å². The van der Waals surface area contributed by atoms with E-state index in [1.54, 1.807) is 17.8 Å². The molecular weight excluding hydrogens is 336 g/mol. The van der Waals surface area contributed by atoms with Crippen LogP contribution in [0.25, 0.3) is 9.92 Å². The number of carbonyl (C=O) groups is 1. The summed E-state index contributed by atoms with van der Waals surface area (Å²) in [4.78, 5) is 33.8. The third-order valence-electron chi connectivity index (χ3n) is 3.21. The molecule has 0 N–H and O–H groups in total. The lowest BCUT2D eigenvalue weighted by Crippen LogP contribution is -2.15. The standard InChI is InChI=1S/C14H10N4O3S2/c19-11-5-10(16-14-18(11)2-4-23-14)8-21-12(20)6-9-7-17-1-3-22-13(17)15-9/h1-5,7H,6,8H2. The predicted molar refractivity (Wildman–Crippen MR) is 85.9 cm³/mol. The molecule has 4 rings (SSSR count). The summed E-state index contributed by atoms with van der Waals surface area (Å²) in [6.45, 7) is -0.0231. The van der Waals surface area contributed by atoms with E-state index in [9.17, 15) is 9.59 Å². The molecule has 0 saturated heterocycles. The lowest BCUT2D eigenvalue weighted by atomic mass is 10.3. The highest BCUT2D eigenvalue weighted by Gasteiger charge is 2.11. The fourth-order valence-electron chi connectivity index (χ4n) is 2.18. The van der Waals surface area contributed by atoms with Gasteiger partial charge in [0, 0.05) is 35.4 Å². The van der Waals surface area contributed by atoms with Gasteiger partial charge in [-0.25, -0.2) is 9.97 Å². The van der Waals surface area contributed by atoms with Gasteiger partial charge in [0.15, 0.2) is 9.92 Å². The molecule has 0 spiro atoms. The highest BCUT2D eigenvalue weighted by molar-refractivity contribution is 7.15. The molecule has 0 fully saturated rings. The molecule has 0 radical (unpaired) electrons. The van der Waals surface area contributed by atoms with Crippen molar-refractivity contribution in [3.8, 4) is 0 Å². The molecule has 0 aliphatic carbocycles. The Balaban J connectivity index is 1.43. The quantitative estimate of drug-likeness (QED) is 0.526. The second kappa shape index (κ2) is 5.60. The van der Waals surface area contributed by atoms with Crippen LogP contribution in [0.1, 0.15) is 11.4 Å². The number of fused-ring (bicyclic) bond motifs is 2. The van der Waals surface area contributed by atoms with E-state index in [0.29, 0.717) is 16.3 Å². The first-order valence-electron chi connectivity index (χ1n) is 6.71. The highest BCUT2D eigenvalue weighted by atomic mass is 32.1. The average Bonchev–Trinajstić information content (AvgIpc) is 3.20. The van der Waals surface area contributed by atoms with Crippen LogP contribution in [0.15, 0.2) is 40.2 Å². The Labute approximate surface area is 137 Å². The average molecular weight is 346 g/mol. The Morgan fingerprint density at radius 2 is 1.91 bits per heavy atom. The lowest BCUT2D eigenvalue weighted by Gasteiger charge is -2.03. The van der Waals surface area contributed by atoms with Crippen LogP contribution in [0.5, 0.6) is 0 Å². The van der Waals surface area contributed by atoms with E-state index in [1.165, 1.54) is 33.1 Å². The van der Waals surface area contributed by atoms with E-state index in [-0.39, 0.29) is 18.6 Å². The maximum Gasteiger partial charge on any atom is 0.312 e. The number of rotatable bonds is 4. The summed E-state index contributed by atoms with van der Waals surface area (Å²) in [5.41, 5.74) is 0.914. The third-order valence-corrected chi connectivity index (χ3v) is 4.73. The minimum absolute atomic E-state index is 0.0231. The van der Waals surface area contributed by atoms with Gasteiger partial charge >= 0.3 is 5.97 Å². The van der Waals surface area contributed by atoms with Crippen LogP contribution >= 0.6 is 22.7 Å². The number of aromatic nitrogens is 4. The van der Waals surface area contributed by atoms with Crippen LogP contribution in [-0.2, 0) is 22.6 Å². The maximum atomic E-state index is 11.9. The lowest BCUT2D eigenvalue weighted by molar-refractivity contribution is -0.144. The molecule has 9 heteroatoms. The topological polar surface area (TPSA) is 78.0 Å². The van der Waals surface area contributed by atoms with Gasteiger partial charge in [0.05, 0.1) is 17.8 Å². The number of esters is 1. The smallest absolute Gasteiger partial charge is 0.312 e. The highest BCUT2D eigenvalue weighted by Crippen LogP contribution is 2.12. The summed E-state index contributed by atoms with van der Waals surface area (Å²) in [6, 6.07) is 1.37. The Morgan fingerprint density at radius 3 is 2.78 bits per heavy atom. The first kappa shape index (κ1) is 14.1. The summed E-state index contributed by atoms with van der Waals surface area (Å²) in [6.07, 6.45) is 5.44. The second-order valence-electron chi connectivity index (χ2n) is 4.80. The molecule has 0 aliphatic rings. The van der Waals surface area contributed by atoms with Crippen LogP contribution in [0, 0.1) is 0 Å². The molecular formula is C14H10N4O3S2. The number of thiazole rings is 2. The van der Waals surface area contributed by atoms with Crippen LogP contribution in [-0.4, -0.2) is 24.7 Å². The van der Waals surface area contributed by atoms with Gasteiger partial charge in [-0.05, 0) is 0 Å². The first-order chi connectivity index (χ1) is 11.2. The van der Waals surface area contributed by atoms with Gasteiger partial charge in [-0.1, -0.05) is 0 Å². The summed E-state index contributed by atoms with van der Waals surface area (Å²) < 4.78 is 8.51. The molecule has 0 aliphatic heterocycles. The molecule has 0 unspecified atom stereocenters. The Hall–Kier alpha value is -2.52. The number of hydrogen-bond donors (Lipinski definition) is 0. The molecule has 0 atom stereocenters. The van der Waals surface area contributed by atoms with Gasteiger partial charge in [-0.2, -0.15) is 0 Å². The van der Waals surface area contributed by atoms with Gasteiger partial charge in [-0.3, -0.25) is 18.4 Å². The third kappa shape index (κ3) is 2.76. The molecule has 0 bridgehead atoms. The van der Waals surface area contributed by atoms with Gasteiger partial charge in [0.1, 0.15) is 6.61 Å². The molecule has 23 heavy (non-hydrogen) atoms. The number of hydrogen-bond acceptors (Lipinski definition) is 7. The predicted octanol–water partition coefficient (Wildman–Crippen LogP) is 1.75. The van der Waals surface area contributed by atoms with Gasteiger partial charge in [0.2, 0.25) is 0 Å². The minimum atomic E-state index is -0.399. The van der Waals surface area contributed by atoms with E-state index < -0.39 is 5.97 Å². The van der Waals surface area contributed by atoms with Crippen molar-refractivity contribution < 1.29 is 9.53 Å². The number of carbonyl (C=O) groups excluding carboxylic acids is 1. The number of imidazole rings is 1. The van der Waals surface area contributed by atoms with Crippen molar-refractivity contribution in [1.29, 1.82) is 0 Å². The normalized spacial score (nSPS) is 11.3. The van der Waals surface area contributed by atoms with Crippen LogP contribution in [0.4, 0.5) is 0 Å². The largest absolute Gasteiger partial charge is 0.459 e. The van der Waals surface area contributed by atoms with E-state index in [2.05, 4.69) is 9.97 Å². The molecule has 4 aromatic heterocycles. The van der Waals surface area contributed by atoms with Crippen LogP contribution < -0.4 is 5.56 Å². The van der Waals surface area contributed by atoms with Crippen molar-refractivity contribution in [2.24, 2.45) is 0 Å². The Kier molecular flexibility index (Phi) is 3.43. The summed E-state index contributed by atoms with van der Waals surface area (Å²) >= 11 is 2.86. The number of nitrogens with zero attached hydrogens (tertiary/aromatic N) is 4. The van der Waals surface area contributed by atoms with Crippen LogP contribution in [0.3, 0.4) is 0 Å². The van der Waals surface area contributed by atoms with Crippen molar-refractivity contribution in [1.82, 2.24) is 18.8 Å². The molecule has 0 saturated carbocycles. The zero-order valence-electron chi connectivity index (χ0n) is 11.7. The summed E-state index contributed by atoms with van der Waals surface area (Å²) in [5.74, 6) is -0.399. The van der Waals surface area contributed by atoms with E-state index >= 15 is 0 Å². The Bertz CT molecular complexity index is 1030. The van der Waals surface area contributed by atoms with Crippen molar-refractivity contribution >= 4 is 38.6 Å². The van der Waals surface area contributed by atoms with Gasteiger partial charge in [0.25, 0.3) is 5.56 Å². The minimum Gasteiger partial charge on any atom is -0.459 e. The monoisotopic (exact) mass is 346 g/mol. The molecule has 0 aromatic carbocycles. The molecule has 116 valence electrons. The fourth-order valence-corrected chi connectivity index (χ4v) is 3.63. The summed E-state index contributed by atoms with van der Waals surface area (Å²) in [5, 5.41) is 3.71. The first-order valence-corrected chi connectivity index (χ1v) is 8.47. The van der Waals surface area contributed by atoms with E-state index in [1.807, 2.05) is 16.0 Å². The molecule has 0 amide bonds. The molecule has 4 heterocycles. The second-order valence-corrected chi connectivity index (χ2v) is 6.55. The maximum absolute atomic E-state index is 11.9. The number of ether oxygens (including phenoxy) is 1. The van der Waals surface area contributed by atoms with Gasteiger partial charge < -0.3 is 4.74 Å².